The van der Waals surface area contributed by atoms with Crippen LogP contribution in [0.25, 0.3) is 0 Å². The van der Waals surface area contributed by atoms with E-state index in [-0.39, 0.29) is 6.61 Å². The number of aliphatic hydroxyl groups is 1. The summed E-state index contributed by atoms with van der Waals surface area (Å²) in [5, 5.41) is 9.66. The highest BCUT2D eigenvalue weighted by Gasteiger charge is 2.05. The van der Waals surface area contributed by atoms with Crippen LogP contribution in [0.5, 0.6) is 5.75 Å². The summed E-state index contributed by atoms with van der Waals surface area (Å²) in [6.45, 7) is 0.809. The summed E-state index contributed by atoms with van der Waals surface area (Å²) < 4.78 is 5.50. The second-order valence-electron chi connectivity index (χ2n) is 3.09. The van der Waals surface area contributed by atoms with Crippen molar-refractivity contribution in [1.82, 2.24) is 0 Å². The Morgan fingerprint density at radius 3 is 2.50 bits per heavy atom. The van der Waals surface area contributed by atoms with Crippen LogP contribution in [0.2, 0.25) is 10.0 Å². The van der Waals surface area contributed by atoms with E-state index in [1.807, 2.05) is 0 Å². The van der Waals surface area contributed by atoms with Crippen LogP contribution in [0.4, 0.5) is 0 Å². The summed E-state index contributed by atoms with van der Waals surface area (Å²) >= 11 is 13.6. The van der Waals surface area contributed by atoms with Crippen molar-refractivity contribution in [2.45, 2.75) is 6.42 Å². The number of halogens is 2. The summed E-state index contributed by atoms with van der Waals surface area (Å²) in [5.41, 5.74) is 0. The number of aliphatic hydroxyl groups excluding tert-OH is 1. The second kappa shape index (κ2) is 8.07. The molecule has 2 nitrogen and oxygen atoms in total. The Balaban J connectivity index is 2.26. The summed E-state index contributed by atoms with van der Waals surface area (Å²) in [6, 6.07) is 5.29. The fourth-order valence-electron chi connectivity index (χ4n) is 1.09. The van der Waals surface area contributed by atoms with Gasteiger partial charge >= 0.3 is 0 Å². The highest BCUT2D eigenvalue weighted by Crippen LogP contribution is 2.32. The van der Waals surface area contributed by atoms with E-state index in [1.54, 1.807) is 30.0 Å². The number of benzene rings is 1. The van der Waals surface area contributed by atoms with E-state index in [2.05, 4.69) is 0 Å². The summed E-state index contributed by atoms with van der Waals surface area (Å²) in [4.78, 5) is 0. The zero-order valence-electron chi connectivity index (χ0n) is 8.79. The number of para-hydroxylation sites is 1. The topological polar surface area (TPSA) is 29.5 Å². The molecule has 16 heavy (non-hydrogen) atoms. The Labute approximate surface area is 110 Å². The Morgan fingerprint density at radius 2 is 1.88 bits per heavy atom. The number of ether oxygens (including phenoxy) is 1. The van der Waals surface area contributed by atoms with E-state index in [4.69, 9.17) is 33.0 Å². The summed E-state index contributed by atoms with van der Waals surface area (Å²) in [6.07, 6.45) is 0.817. The van der Waals surface area contributed by atoms with Gasteiger partial charge in [0.1, 0.15) is 0 Å². The molecule has 0 fully saturated rings. The van der Waals surface area contributed by atoms with Gasteiger partial charge in [-0.05, 0) is 24.3 Å². The third-order valence-electron chi connectivity index (χ3n) is 1.84. The molecular weight excluding hydrogens is 267 g/mol. The van der Waals surface area contributed by atoms with E-state index in [0.29, 0.717) is 22.4 Å². The normalized spacial score (nSPS) is 10.4. The van der Waals surface area contributed by atoms with Gasteiger partial charge in [-0.25, -0.2) is 0 Å². The number of thioether (sulfide) groups is 1. The highest BCUT2D eigenvalue weighted by molar-refractivity contribution is 7.99. The zero-order valence-corrected chi connectivity index (χ0v) is 11.1. The van der Waals surface area contributed by atoms with Crippen LogP contribution in [0.15, 0.2) is 18.2 Å². The lowest BCUT2D eigenvalue weighted by atomic mass is 10.3. The first-order valence-electron chi connectivity index (χ1n) is 5.01. The average Bonchev–Trinajstić information content (AvgIpc) is 2.26. The molecule has 0 amide bonds. The van der Waals surface area contributed by atoms with Gasteiger partial charge in [0.2, 0.25) is 0 Å². The van der Waals surface area contributed by atoms with Crippen LogP contribution < -0.4 is 4.74 Å². The number of rotatable bonds is 7. The molecule has 1 aromatic carbocycles. The maximum Gasteiger partial charge on any atom is 0.156 e. The monoisotopic (exact) mass is 280 g/mol. The van der Waals surface area contributed by atoms with Gasteiger partial charge in [-0.3, -0.25) is 0 Å². The standard InChI is InChI=1S/C11H14Cl2O2S/c12-9-3-1-4-10(13)11(9)15-6-8-16-7-2-5-14/h1,3-4,14H,2,5-8H2. The Bertz CT molecular complexity index is 301. The zero-order chi connectivity index (χ0) is 11.8. The molecule has 0 aliphatic carbocycles. The molecule has 0 aliphatic heterocycles. The third-order valence-corrected chi connectivity index (χ3v) is 3.47. The molecule has 0 saturated heterocycles. The van der Waals surface area contributed by atoms with Gasteiger partial charge in [-0.15, -0.1) is 0 Å². The van der Waals surface area contributed by atoms with Crippen molar-refractivity contribution in [2.24, 2.45) is 0 Å². The van der Waals surface area contributed by atoms with E-state index in [0.717, 1.165) is 17.9 Å². The molecule has 0 bridgehead atoms. The predicted octanol–water partition coefficient (Wildman–Crippen LogP) is 3.49. The van der Waals surface area contributed by atoms with Crippen LogP contribution in [0, 0.1) is 0 Å². The fourth-order valence-corrected chi connectivity index (χ4v) is 2.34. The van der Waals surface area contributed by atoms with Crippen LogP contribution in [-0.2, 0) is 0 Å². The first kappa shape index (κ1) is 14.0. The van der Waals surface area contributed by atoms with E-state index in [9.17, 15) is 0 Å². The quantitative estimate of drug-likeness (QED) is 0.776. The van der Waals surface area contributed by atoms with Crippen molar-refractivity contribution in [3.63, 3.8) is 0 Å². The SMILES string of the molecule is OCCCSCCOc1c(Cl)cccc1Cl. The van der Waals surface area contributed by atoms with Gasteiger partial charge in [-0.2, -0.15) is 11.8 Å². The molecule has 90 valence electrons. The van der Waals surface area contributed by atoms with Crippen molar-refractivity contribution in [2.75, 3.05) is 24.7 Å². The molecule has 1 aromatic rings. The van der Waals surface area contributed by atoms with Crippen LogP contribution >= 0.6 is 35.0 Å². The van der Waals surface area contributed by atoms with Crippen LogP contribution in [0.1, 0.15) is 6.42 Å². The lowest BCUT2D eigenvalue weighted by Crippen LogP contribution is -2.02. The maximum absolute atomic E-state index is 8.59. The molecule has 0 unspecified atom stereocenters. The van der Waals surface area contributed by atoms with Crippen molar-refractivity contribution in [3.8, 4) is 5.75 Å². The van der Waals surface area contributed by atoms with Gasteiger partial charge in [0, 0.05) is 12.4 Å². The predicted molar refractivity (Wildman–Crippen MR) is 71.0 cm³/mol. The minimum Gasteiger partial charge on any atom is -0.490 e. The Morgan fingerprint density at radius 1 is 1.19 bits per heavy atom. The van der Waals surface area contributed by atoms with Crippen LogP contribution in [-0.4, -0.2) is 29.8 Å². The molecule has 0 saturated carbocycles. The molecule has 0 spiro atoms. The van der Waals surface area contributed by atoms with E-state index < -0.39 is 0 Å². The van der Waals surface area contributed by atoms with Gasteiger partial charge in [0.05, 0.1) is 16.7 Å². The Kier molecular flexibility index (Phi) is 7.05. The molecule has 0 atom stereocenters. The molecule has 1 N–H and O–H groups in total. The molecule has 0 aromatic heterocycles. The largest absolute Gasteiger partial charge is 0.490 e. The molecule has 0 heterocycles. The minimum absolute atomic E-state index is 0.240. The highest BCUT2D eigenvalue weighted by atomic mass is 35.5. The maximum atomic E-state index is 8.59. The van der Waals surface area contributed by atoms with E-state index >= 15 is 0 Å². The molecule has 5 heteroatoms. The van der Waals surface area contributed by atoms with Crippen LogP contribution in [0.3, 0.4) is 0 Å². The van der Waals surface area contributed by atoms with Gasteiger partial charge in [0.25, 0.3) is 0 Å². The summed E-state index contributed by atoms with van der Waals surface area (Å²) in [7, 11) is 0. The Hall–Kier alpha value is -0.0900. The number of hydrogen-bond donors (Lipinski definition) is 1. The number of hydrogen-bond acceptors (Lipinski definition) is 3. The minimum atomic E-state index is 0.240. The lowest BCUT2D eigenvalue weighted by Gasteiger charge is -2.09. The van der Waals surface area contributed by atoms with Crippen molar-refractivity contribution < 1.29 is 9.84 Å². The molecular formula is C11H14Cl2O2S. The average molecular weight is 281 g/mol. The fraction of sp³-hybridized carbons (Fsp3) is 0.455. The lowest BCUT2D eigenvalue weighted by molar-refractivity contribution is 0.296. The van der Waals surface area contributed by atoms with E-state index in [1.165, 1.54) is 0 Å². The van der Waals surface area contributed by atoms with Crippen molar-refractivity contribution in [1.29, 1.82) is 0 Å². The first-order valence-corrected chi connectivity index (χ1v) is 6.92. The van der Waals surface area contributed by atoms with Gasteiger partial charge in [0.15, 0.2) is 5.75 Å². The molecule has 0 radical (unpaired) electrons. The van der Waals surface area contributed by atoms with Crippen molar-refractivity contribution in [3.05, 3.63) is 28.2 Å². The van der Waals surface area contributed by atoms with Crippen molar-refractivity contribution >= 4 is 35.0 Å². The second-order valence-corrected chi connectivity index (χ2v) is 5.13. The third kappa shape index (κ3) is 4.83. The van der Waals surface area contributed by atoms with Gasteiger partial charge in [-0.1, -0.05) is 29.3 Å². The molecule has 0 aliphatic rings. The summed E-state index contributed by atoms with van der Waals surface area (Å²) in [5.74, 6) is 2.35. The molecule has 1 rings (SSSR count). The first-order chi connectivity index (χ1) is 7.75. The smallest absolute Gasteiger partial charge is 0.156 e. The van der Waals surface area contributed by atoms with Gasteiger partial charge < -0.3 is 9.84 Å².